The Balaban J connectivity index is 2.04. The second-order valence-electron chi connectivity index (χ2n) is 5.57. The molecule has 2 heterocycles. The van der Waals surface area contributed by atoms with Crippen molar-refractivity contribution in [2.75, 3.05) is 6.61 Å². The molecule has 0 atom stereocenters. The molecule has 130 valence electrons. The number of aromatic nitrogens is 2. The Morgan fingerprint density at radius 1 is 1.28 bits per heavy atom. The quantitative estimate of drug-likeness (QED) is 0.734. The van der Waals surface area contributed by atoms with Crippen LogP contribution in [0.5, 0.6) is 5.75 Å². The SMILES string of the molecule is CCOC(=O)c1c(C)nc2c(ccn2Cc2ccc(F)c(F)c2)c1O. The number of hydrogen-bond acceptors (Lipinski definition) is 4. The van der Waals surface area contributed by atoms with E-state index in [0.29, 0.717) is 22.3 Å². The maximum atomic E-state index is 13.4. The molecule has 0 spiro atoms. The van der Waals surface area contributed by atoms with Crippen LogP contribution < -0.4 is 0 Å². The fourth-order valence-electron chi connectivity index (χ4n) is 2.70. The van der Waals surface area contributed by atoms with E-state index < -0.39 is 17.6 Å². The van der Waals surface area contributed by atoms with Crippen molar-refractivity contribution in [1.82, 2.24) is 9.55 Å². The van der Waals surface area contributed by atoms with E-state index in [1.54, 1.807) is 30.7 Å². The summed E-state index contributed by atoms with van der Waals surface area (Å²) < 4.78 is 33.0. The van der Waals surface area contributed by atoms with E-state index in [9.17, 15) is 18.7 Å². The summed E-state index contributed by atoms with van der Waals surface area (Å²) in [6.45, 7) is 3.70. The minimum absolute atomic E-state index is 0.0277. The highest BCUT2D eigenvalue weighted by atomic mass is 19.2. The zero-order valence-corrected chi connectivity index (χ0v) is 13.7. The largest absolute Gasteiger partial charge is 0.506 e. The van der Waals surface area contributed by atoms with Crippen LogP contribution in [-0.4, -0.2) is 27.2 Å². The molecular weight excluding hydrogens is 330 g/mol. The van der Waals surface area contributed by atoms with E-state index in [-0.39, 0.29) is 24.5 Å². The topological polar surface area (TPSA) is 64.3 Å². The Bertz CT molecular complexity index is 967. The van der Waals surface area contributed by atoms with Crippen molar-refractivity contribution in [1.29, 1.82) is 0 Å². The van der Waals surface area contributed by atoms with Crippen LogP contribution in [0.2, 0.25) is 0 Å². The number of hydrogen-bond donors (Lipinski definition) is 1. The first kappa shape index (κ1) is 16.9. The van der Waals surface area contributed by atoms with Crippen LogP contribution in [0, 0.1) is 18.6 Å². The van der Waals surface area contributed by atoms with Crippen LogP contribution in [-0.2, 0) is 11.3 Å². The lowest BCUT2D eigenvalue weighted by Crippen LogP contribution is -2.09. The number of carbonyl (C=O) groups is 1. The van der Waals surface area contributed by atoms with Crippen molar-refractivity contribution in [2.45, 2.75) is 20.4 Å². The van der Waals surface area contributed by atoms with Gasteiger partial charge in [0.1, 0.15) is 17.0 Å². The van der Waals surface area contributed by atoms with Crippen LogP contribution in [0.3, 0.4) is 0 Å². The van der Waals surface area contributed by atoms with Crippen LogP contribution in [0.4, 0.5) is 8.78 Å². The number of aromatic hydroxyl groups is 1. The van der Waals surface area contributed by atoms with Gasteiger partial charge in [-0.15, -0.1) is 0 Å². The van der Waals surface area contributed by atoms with Gasteiger partial charge < -0.3 is 14.4 Å². The smallest absolute Gasteiger partial charge is 0.343 e. The summed E-state index contributed by atoms with van der Waals surface area (Å²) in [7, 11) is 0. The molecule has 5 nitrogen and oxygen atoms in total. The Morgan fingerprint density at radius 3 is 2.72 bits per heavy atom. The third-order valence-electron chi connectivity index (χ3n) is 3.88. The second kappa shape index (κ2) is 6.51. The van der Waals surface area contributed by atoms with Crippen LogP contribution in [0.25, 0.3) is 11.0 Å². The first-order valence-corrected chi connectivity index (χ1v) is 7.71. The first-order chi connectivity index (χ1) is 11.9. The predicted octanol–water partition coefficient (Wildman–Crippen LogP) is 3.55. The monoisotopic (exact) mass is 346 g/mol. The number of pyridine rings is 1. The van der Waals surface area contributed by atoms with Gasteiger partial charge in [-0.05, 0) is 37.6 Å². The summed E-state index contributed by atoms with van der Waals surface area (Å²) in [6, 6.07) is 5.26. The van der Waals surface area contributed by atoms with Gasteiger partial charge >= 0.3 is 5.97 Å². The molecule has 0 unspecified atom stereocenters. The average Bonchev–Trinajstić information content (AvgIpc) is 2.94. The van der Waals surface area contributed by atoms with Gasteiger partial charge in [0.15, 0.2) is 11.6 Å². The lowest BCUT2D eigenvalue weighted by atomic mass is 10.1. The highest BCUT2D eigenvalue weighted by Crippen LogP contribution is 2.31. The van der Waals surface area contributed by atoms with E-state index in [2.05, 4.69) is 4.98 Å². The zero-order chi connectivity index (χ0) is 18.1. The van der Waals surface area contributed by atoms with Crippen molar-refractivity contribution < 1.29 is 23.4 Å². The van der Waals surface area contributed by atoms with Gasteiger partial charge in [0.2, 0.25) is 0 Å². The van der Waals surface area contributed by atoms with Gasteiger partial charge in [0.05, 0.1) is 17.7 Å². The lowest BCUT2D eigenvalue weighted by Gasteiger charge is -2.10. The molecule has 7 heteroatoms. The normalized spacial score (nSPS) is 11.0. The molecule has 0 aliphatic carbocycles. The lowest BCUT2D eigenvalue weighted by molar-refractivity contribution is 0.0522. The first-order valence-electron chi connectivity index (χ1n) is 7.71. The molecule has 0 fully saturated rings. The van der Waals surface area contributed by atoms with Crippen molar-refractivity contribution in [2.24, 2.45) is 0 Å². The summed E-state index contributed by atoms with van der Waals surface area (Å²) in [5.74, 6) is -2.68. The van der Waals surface area contributed by atoms with Crippen LogP contribution >= 0.6 is 0 Å². The van der Waals surface area contributed by atoms with Gasteiger partial charge in [0, 0.05) is 12.7 Å². The van der Waals surface area contributed by atoms with Gasteiger partial charge in [0.25, 0.3) is 0 Å². The summed E-state index contributed by atoms with van der Waals surface area (Å²) in [5, 5.41) is 10.8. The summed E-state index contributed by atoms with van der Waals surface area (Å²) in [6.07, 6.45) is 1.66. The molecule has 0 amide bonds. The molecule has 3 rings (SSSR count). The van der Waals surface area contributed by atoms with E-state index >= 15 is 0 Å². The number of aryl methyl sites for hydroxylation is 1. The molecular formula is C18H16F2N2O3. The van der Waals surface area contributed by atoms with E-state index in [1.807, 2.05) is 0 Å². The van der Waals surface area contributed by atoms with E-state index in [1.165, 1.54) is 6.07 Å². The maximum Gasteiger partial charge on any atom is 0.343 e. The number of rotatable bonds is 4. The average molecular weight is 346 g/mol. The molecule has 2 aromatic heterocycles. The highest BCUT2D eigenvalue weighted by Gasteiger charge is 2.21. The fraction of sp³-hybridized carbons (Fsp3) is 0.222. The molecule has 0 bridgehead atoms. The maximum absolute atomic E-state index is 13.4. The summed E-state index contributed by atoms with van der Waals surface area (Å²) in [5.41, 5.74) is 1.34. The minimum atomic E-state index is -0.925. The molecule has 3 aromatic rings. The van der Waals surface area contributed by atoms with Gasteiger partial charge in [-0.3, -0.25) is 0 Å². The number of halogens is 2. The molecule has 25 heavy (non-hydrogen) atoms. The number of nitrogens with zero attached hydrogens (tertiary/aromatic N) is 2. The Hall–Kier alpha value is -2.96. The number of carbonyl (C=O) groups excluding carboxylic acids is 1. The molecule has 0 saturated heterocycles. The van der Waals surface area contributed by atoms with Crippen molar-refractivity contribution >= 4 is 17.0 Å². The molecule has 0 aliphatic heterocycles. The molecule has 0 radical (unpaired) electrons. The predicted molar refractivity (Wildman–Crippen MR) is 87.6 cm³/mol. The number of esters is 1. The highest BCUT2D eigenvalue weighted by molar-refractivity contribution is 6.00. The van der Waals surface area contributed by atoms with E-state index in [0.717, 1.165) is 12.1 Å². The van der Waals surface area contributed by atoms with Gasteiger partial charge in [-0.25, -0.2) is 18.6 Å². The number of ether oxygens (including phenoxy) is 1. The minimum Gasteiger partial charge on any atom is -0.506 e. The zero-order valence-electron chi connectivity index (χ0n) is 13.7. The standard InChI is InChI=1S/C18H16F2N2O3/c1-3-25-18(24)15-10(2)21-17-12(16(15)23)6-7-22(17)9-11-4-5-13(19)14(20)8-11/h4-8H,3,9H2,1-2H3,(H,21,23). The molecule has 0 saturated carbocycles. The summed E-state index contributed by atoms with van der Waals surface area (Å²) >= 11 is 0. The number of fused-ring (bicyclic) bond motifs is 1. The fourth-order valence-corrected chi connectivity index (χ4v) is 2.70. The van der Waals surface area contributed by atoms with Crippen molar-refractivity contribution in [3.8, 4) is 5.75 Å². The van der Waals surface area contributed by atoms with E-state index in [4.69, 9.17) is 4.74 Å². The van der Waals surface area contributed by atoms with Crippen LogP contribution in [0.15, 0.2) is 30.5 Å². The number of benzene rings is 1. The Labute approximate surface area is 142 Å². The molecule has 1 N–H and O–H groups in total. The third-order valence-corrected chi connectivity index (χ3v) is 3.88. The van der Waals surface area contributed by atoms with Gasteiger partial charge in [-0.1, -0.05) is 6.07 Å². The van der Waals surface area contributed by atoms with Crippen molar-refractivity contribution in [3.63, 3.8) is 0 Å². The molecule has 0 aliphatic rings. The van der Waals surface area contributed by atoms with Crippen LogP contribution in [0.1, 0.15) is 28.5 Å². The van der Waals surface area contributed by atoms with Crippen molar-refractivity contribution in [3.05, 3.63) is 58.9 Å². The Kier molecular flexibility index (Phi) is 4.39. The summed E-state index contributed by atoms with van der Waals surface area (Å²) in [4.78, 5) is 16.4. The molecule has 1 aromatic carbocycles. The Morgan fingerprint density at radius 2 is 2.04 bits per heavy atom. The third kappa shape index (κ3) is 3.05. The second-order valence-corrected chi connectivity index (χ2v) is 5.57. The van der Waals surface area contributed by atoms with Gasteiger partial charge in [-0.2, -0.15) is 0 Å².